The quantitative estimate of drug-likeness (QED) is 0.705. The number of esters is 1. The highest BCUT2D eigenvalue weighted by Crippen LogP contribution is 2.34. The molecule has 0 fully saturated rings. The van der Waals surface area contributed by atoms with Crippen molar-refractivity contribution in [3.05, 3.63) is 48.8 Å². The van der Waals surface area contributed by atoms with Gasteiger partial charge in [-0.25, -0.2) is 4.98 Å². The number of carbonyl (C=O) groups is 2. The van der Waals surface area contributed by atoms with E-state index in [-0.39, 0.29) is 19.9 Å². The summed E-state index contributed by atoms with van der Waals surface area (Å²) in [6.45, 7) is -0.231. The molecule has 3 aromatic rings. The first-order valence-corrected chi connectivity index (χ1v) is 7.94. The van der Waals surface area contributed by atoms with Crippen molar-refractivity contribution in [3.8, 4) is 11.5 Å². The summed E-state index contributed by atoms with van der Waals surface area (Å²) in [5.74, 6) is 0.232. The maximum atomic E-state index is 12.0. The molecule has 1 aromatic heterocycles. The molecular formula is C18H15N3O5. The Labute approximate surface area is 148 Å². The minimum atomic E-state index is -0.519. The Bertz CT molecular complexity index is 982. The number of hydrogen-bond donors (Lipinski definition) is 1. The van der Waals surface area contributed by atoms with Crippen molar-refractivity contribution in [2.24, 2.45) is 0 Å². The molecule has 4 rings (SSSR count). The number of aromatic nitrogens is 2. The average molecular weight is 353 g/mol. The number of para-hydroxylation sites is 2. The molecule has 2 aromatic carbocycles. The first-order valence-electron chi connectivity index (χ1n) is 7.94. The summed E-state index contributed by atoms with van der Waals surface area (Å²) in [5.41, 5.74) is 2.16. The lowest BCUT2D eigenvalue weighted by atomic mass is 10.3. The molecule has 0 radical (unpaired) electrons. The summed E-state index contributed by atoms with van der Waals surface area (Å²) in [6, 6.07) is 12.5. The van der Waals surface area contributed by atoms with Gasteiger partial charge in [0.05, 0.1) is 17.4 Å². The lowest BCUT2D eigenvalue weighted by molar-refractivity contribution is -0.147. The first kappa shape index (κ1) is 15.9. The number of imidazole rings is 1. The van der Waals surface area contributed by atoms with E-state index < -0.39 is 11.9 Å². The molecule has 1 aliphatic rings. The van der Waals surface area contributed by atoms with E-state index in [0.29, 0.717) is 17.2 Å². The van der Waals surface area contributed by atoms with Crippen molar-refractivity contribution in [2.75, 3.05) is 18.7 Å². The monoisotopic (exact) mass is 353 g/mol. The molecule has 0 aliphatic carbocycles. The van der Waals surface area contributed by atoms with Crippen LogP contribution in [0.2, 0.25) is 0 Å². The van der Waals surface area contributed by atoms with Gasteiger partial charge in [-0.05, 0) is 24.3 Å². The number of nitrogens with one attached hydrogen (secondary N) is 1. The van der Waals surface area contributed by atoms with E-state index in [1.165, 1.54) is 0 Å². The Morgan fingerprint density at radius 3 is 2.92 bits per heavy atom. The van der Waals surface area contributed by atoms with Gasteiger partial charge in [-0.15, -0.1) is 0 Å². The molecule has 0 spiro atoms. The summed E-state index contributed by atoms with van der Waals surface area (Å²) in [7, 11) is 0. The molecule has 8 nitrogen and oxygen atoms in total. The van der Waals surface area contributed by atoms with Crippen LogP contribution in [0.3, 0.4) is 0 Å². The third kappa shape index (κ3) is 3.30. The Balaban J connectivity index is 1.30. The highest BCUT2D eigenvalue weighted by Gasteiger charge is 2.15. The van der Waals surface area contributed by atoms with E-state index in [2.05, 4.69) is 10.3 Å². The van der Waals surface area contributed by atoms with E-state index in [1.54, 1.807) is 29.1 Å². The number of anilines is 1. The summed E-state index contributed by atoms with van der Waals surface area (Å²) >= 11 is 0. The topological polar surface area (TPSA) is 91.7 Å². The van der Waals surface area contributed by atoms with Gasteiger partial charge in [0.2, 0.25) is 6.79 Å². The molecular weight excluding hydrogens is 338 g/mol. The van der Waals surface area contributed by atoms with Gasteiger partial charge >= 0.3 is 5.97 Å². The third-order valence-corrected chi connectivity index (χ3v) is 3.85. The van der Waals surface area contributed by atoms with Crippen molar-refractivity contribution < 1.29 is 23.8 Å². The van der Waals surface area contributed by atoms with E-state index in [4.69, 9.17) is 14.2 Å². The van der Waals surface area contributed by atoms with E-state index in [9.17, 15) is 9.59 Å². The summed E-state index contributed by atoms with van der Waals surface area (Å²) in [4.78, 5) is 28.1. The number of ether oxygens (including phenoxy) is 3. The van der Waals surface area contributed by atoms with Crippen LogP contribution < -0.4 is 14.8 Å². The minimum Gasteiger partial charge on any atom is -0.454 e. The van der Waals surface area contributed by atoms with Crippen LogP contribution >= 0.6 is 0 Å². The molecule has 0 unspecified atom stereocenters. The second-order valence-corrected chi connectivity index (χ2v) is 5.64. The van der Waals surface area contributed by atoms with Crippen molar-refractivity contribution in [1.82, 2.24) is 9.55 Å². The fourth-order valence-corrected chi connectivity index (χ4v) is 2.64. The Morgan fingerprint density at radius 2 is 2.00 bits per heavy atom. The zero-order chi connectivity index (χ0) is 17.9. The summed E-state index contributed by atoms with van der Waals surface area (Å²) in [5, 5.41) is 2.64. The largest absolute Gasteiger partial charge is 0.454 e. The number of rotatable bonds is 5. The number of hydrogen-bond acceptors (Lipinski definition) is 6. The van der Waals surface area contributed by atoms with Crippen LogP contribution in [-0.4, -0.2) is 34.8 Å². The number of nitrogens with zero attached hydrogens (tertiary/aromatic N) is 2. The zero-order valence-electron chi connectivity index (χ0n) is 13.7. The van der Waals surface area contributed by atoms with Crippen LogP contribution in [0.1, 0.15) is 0 Å². The molecule has 8 heteroatoms. The molecule has 26 heavy (non-hydrogen) atoms. The maximum Gasteiger partial charge on any atom is 0.326 e. The van der Waals surface area contributed by atoms with Crippen LogP contribution in [0.25, 0.3) is 11.0 Å². The Kier molecular flexibility index (Phi) is 4.14. The fourth-order valence-electron chi connectivity index (χ4n) is 2.64. The molecule has 0 bridgehead atoms. The standard InChI is InChI=1S/C18H15N3O5/c22-17(20-12-5-6-15-16(7-12)26-11-25-15)9-24-18(23)8-21-10-19-13-3-1-2-4-14(13)21/h1-7,10H,8-9,11H2,(H,20,22). The van der Waals surface area contributed by atoms with Crippen molar-refractivity contribution in [2.45, 2.75) is 6.54 Å². The van der Waals surface area contributed by atoms with Gasteiger partial charge in [0.25, 0.3) is 5.91 Å². The first-order chi connectivity index (χ1) is 12.7. The van der Waals surface area contributed by atoms with E-state index in [0.717, 1.165) is 11.0 Å². The predicted octanol–water partition coefficient (Wildman–Crippen LogP) is 1.95. The molecule has 1 aliphatic heterocycles. The van der Waals surface area contributed by atoms with Crippen LogP contribution in [0.15, 0.2) is 48.8 Å². The molecule has 0 saturated heterocycles. The van der Waals surface area contributed by atoms with E-state index >= 15 is 0 Å². The van der Waals surface area contributed by atoms with Crippen LogP contribution in [0.4, 0.5) is 5.69 Å². The molecule has 0 saturated carbocycles. The van der Waals surface area contributed by atoms with Gasteiger partial charge in [-0.1, -0.05) is 12.1 Å². The van der Waals surface area contributed by atoms with Crippen molar-refractivity contribution in [3.63, 3.8) is 0 Å². The smallest absolute Gasteiger partial charge is 0.326 e. The predicted molar refractivity (Wildman–Crippen MR) is 91.9 cm³/mol. The van der Waals surface area contributed by atoms with Crippen LogP contribution in [0.5, 0.6) is 11.5 Å². The molecule has 1 amide bonds. The maximum absolute atomic E-state index is 12.0. The number of amides is 1. The SMILES string of the molecule is O=C(COC(=O)Cn1cnc2ccccc21)Nc1ccc2c(c1)OCO2. The third-order valence-electron chi connectivity index (χ3n) is 3.85. The second-order valence-electron chi connectivity index (χ2n) is 5.64. The minimum absolute atomic E-state index is 0.0161. The average Bonchev–Trinajstić information content (AvgIpc) is 3.27. The highest BCUT2D eigenvalue weighted by molar-refractivity contribution is 5.93. The Hall–Kier alpha value is -3.55. The number of fused-ring (bicyclic) bond motifs is 2. The van der Waals surface area contributed by atoms with Gasteiger partial charge in [-0.2, -0.15) is 0 Å². The normalized spacial score (nSPS) is 12.2. The number of carbonyl (C=O) groups excluding carboxylic acids is 2. The van der Waals surface area contributed by atoms with Crippen molar-refractivity contribution in [1.29, 1.82) is 0 Å². The summed E-state index contributed by atoms with van der Waals surface area (Å²) in [6.07, 6.45) is 1.57. The molecule has 1 N–H and O–H groups in total. The zero-order valence-corrected chi connectivity index (χ0v) is 13.7. The lowest BCUT2D eigenvalue weighted by Crippen LogP contribution is -2.22. The van der Waals surface area contributed by atoms with Gasteiger partial charge in [0.15, 0.2) is 18.1 Å². The Morgan fingerprint density at radius 1 is 1.15 bits per heavy atom. The number of benzene rings is 2. The van der Waals surface area contributed by atoms with Crippen LogP contribution in [-0.2, 0) is 20.9 Å². The van der Waals surface area contributed by atoms with Gasteiger partial charge in [0.1, 0.15) is 6.54 Å². The molecule has 2 heterocycles. The molecule has 132 valence electrons. The van der Waals surface area contributed by atoms with E-state index in [1.807, 2.05) is 24.3 Å². The second kappa shape index (κ2) is 6.75. The van der Waals surface area contributed by atoms with Crippen molar-refractivity contribution >= 4 is 28.6 Å². The van der Waals surface area contributed by atoms with Crippen LogP contribution in [0, 0.1) is 0 Å². The van der Waals surface area contributed by atoms with Gasteiger partial charge in [-0.3, -0.25) is 9.59 Å². The van der Waals surface area contributed by atoms with Gasteiger partial charge in [0, 0.05) is 11.8 Å². The molecule has 0 atom stereocenters. The van der Waals surface area contributed by atoms with Gasteiger partial charge < -0.3 is 24.1 Å². The fraction of sp³-hybridized carbons (Fsp3) is 0.167. The highest BCUT2D eigenvalue weighted by atomic mass is 16.7. The lowest BCUT2D eigenvalue weighted by Gasteiger charge is -2.08. The summed E-state index contributed by atoms with van der Waals surface area (Å²) < 4.78 is 17.2.